The summed E-state index contributed by atoms with van der Waals surface area (Å²) in [7, 11) is 1.65. The number of carbonyl (C=O) groups excluding carboxylic acids is 1. The number of amides is 1. The van der Waals surface area contributed by atoms with E-state index >= 15 is 0 Å². The number of rotatable bonds is 4. The number of pyridine rings is 1. The zero-order chi connectivity index (χ0) is 15.2. The van der Waals surface area contributed by atoms with Gasteiger partial charge in [0.25, 0.3) is 5.91 Å². The lowest BCUT2D eigenvalue weighted by Crippen LogP contribution is -2.28. The van der Waals surface area contributed by atoms with Gasteiger partial charge in [-0.25, -0.2) is 4.98 Å². The van der Waals surface area contributed by atoms with E-state index in [2.05, 4.69) is 16.4 Å². The molecule has 0 radical (unpaired) electrons. The van der Waals surface area contributed by atoms with Crippen LogP contribution in [0, 0.1) is 11.3 Å². The van der Waals surface area contributed by atoms with E-state index in [1.165, 1.54) is 4.90 Å². The van der Waals surface area contributed by atoms with Gasteiger partial charge in [-0.1, -0.05) is 12.1 Å². The number of aromatic nitrogens is 1. The molecule has 1 N–H and O–H groups in total. The second-order valence-corrected chi connectivity index (χ2v) is 4.42. The first-order valence-electron chi connectivity index (χ1n) is 6.65. The normalized spacial score (nSPS) is 9.76. The van der Waals surface area contributed by atoms with Gasteiger partial charge in [0.05, 0.1) is 16.8 Å². The second kappa shape index (κ2) is 6.53. The molecule has 5 nitrogen and oxygen atoms in total. The predicted molar refractivity (Wildman–Crippen MR) is 82.3 cm³/mol. The number of carbonyl (C=O) groups is 1. The van der Waals surface area contributed by atoms with Crippen LogP contribution in [0.1, 0.15) is 22.8 Å². The van der Waals surface area contributed by atoms with Gasteiger partial charge in [0.1, 0.15) is 11.9 Å². The maximum atomic E-state index is 12.6. The van der Waals surface area contributed by atoms with Crippen molar-refractivity contribution in [3.8, 4) is 6.07 Å². The van der Waals surface area contributed by atoms with Crippen molar-refractivity contribution in [2.45, 2.75) is 6.92 Å². The number of hydrogen-bond acceptors (Lipinski definition) is 4. The third-order valence-electron chi connectivity index (χ3n) is 3.07. The van der Waals surface area contributed by atoms with Crippen LogP contribution in [0.4, 0.5) is 11.5 Å². The van der Waals surface area contributed by atoms with E-state index in [-0.39, 0.29) is 5.91 Å². The van der Waals surface area contributed by atoms with Crippen molar-refractivity contribution < 1.29 is 4.79 Å². The minimum absolute atomic E-state index is 0.207. The van der Waals surface area contributed by atoms with Gasteiger partial charge in [-0.05, 0) is 31.2 Å². The lowest BCUT2D eigenvalue weighted by Gasteiger charge is -2.19. The quantitative estimate of drug-likeness (QED) is 0.934. The molecule has 0 aliphatic carbocycles. The highest BCUT2D eigenvalue weighted by atomic mass is 16.2. The summed E-state index contributed by atoms with van der Waals surface area (Å²) in [4.78, 5) is 18.3. The van der Waals surface area contributed by atoms with Crippen LogP contribution in [0.3, 0.4) is 0 Å². The first-order valence-corrected chi connectivity index (χ1v) is 6.65. The number of para-hydroxylation sites is 1. The molecule has 0 aliphatic heterocycles. The van der Waals surface area contributed by atoms with E-state index in [9.17, 15) is 4.79 Å². The Bertz CT molecular complexity index is 691. The molecule has 1 heterocycles. The van der Waals surface area contributed by atoms with Crippen LogP contribution in [0.5, 0.6) is 0 Å². The van der Waals surface area contributed by atoms with Crippen LogP contribution in [0.15, 0.2) is 42.6 Å². The maximum Gasteiger partial charge on any atom is 0.261 e. The summed E-state index contributed by atoms with van der Waals surface area (Å²) in [5.41, 5.74) is 1.52. The molecule has 1 aromatic carbocycles. The molecule has 0 unspecified atom stereocenters. The molecule has 0 atom stereocenters. The molecule has 0 aliphatic rings. The van der Waals surface area contributed by atoms with Gasteiger partial charge in [0.15, 0.2) is 0 Å². The summed E-state index contributed by atoms with van der Waals surface area (Å²) in [6.07, 6.45) is 1.64. The molecule has 5 heteroatoms. The zero-order valence-electron chi connectivity index (χ0n) is 12.0. The highest BCUT2D eigenvalue weighted by Crippen LogP contribution is 2.22. The molecule has 106 valence electrons. The monoisotopic (exact) mass is 280 g/mol. The van der Waals surface area contributed by atoms with Crippen molar-refractivity contribution in [3.63, 3.8) is 0 Å². The molecular weight excluding hydrogens is 264 g/mol. The molecular formula is C16H16N4O. The molecule has 0 saturated carbocycles. The van der Waals surface area contributed by atoms with Gasteiger partial charge in [-0.15, -0.1) is 0 Å². The molecule has 0 spiro atoms. The van der Waals surface area contributed by atoms with Crippen molar-refractivity contribution >= 4 is 17.4 Å². The fraction of sp³-hybridized carbons (Fsp3) is 0.188. The van der Waals surface area contributed by atoms with Crippen molar-refractivity contribution in [2.75, 3.05) is 23.8 Å². The Hall–Kier alpha value is -2.87. The van der Waals surface area contributed by atoms with Gasteiger partial charge < -0.3 is 10.2 Å². The van der Waals surface area contributed by atoms with Gasteiger partial charge >= 0.3 is 0 Å². The summed E-state index contributed by atoms with van der Waals surface area (Å²) in [5, 5.41) is 12.2. The zero-order valence-corrected chi connectivity index (χ0v) is 12.0. The average molecular weight is 280 g/mol. The molecule has 2 rings (SSSR count). The number of hydrogen-bond donors (Lipinski definition) is 1. The van der Waals surface area contributed by atoms with Gasteiger partial charge in [-0.2, -0.15) is 5.26 Å². The lowest BCUT2D eigenvalue weighted by atomic mass is 10.1. The standard InChI is InChI=1S/C16H16N4O/c1-3-18-15-13(8-6-10-19-15)16(21)20(2)14-9-5-4-7-12(14)11-17/h4-10H,3H2,1-2H3,(H,18,19). The molecule has 2 aromatic rings. The van der Waals surface area contributed by atoms with Crippen molar-refractivity contribution in [2.24, 2.45) is 0 Å². The predicted octanol–water partition coefficient (Wildman–Crippen LogP) is 2.66. The first-order chi connectivity index (χ1) is 10.2. The lowest BCUT2D eigenvalue weighted by molar-refractivity contribution is 0.0993. The van der Waals surface area contributed by atoms with Gasteiger partial charge in [0, 0.05) is 19.8 Å². The highest BCUT2D eigenvalue weighted by molar-refractivity contribution is 6.09. The number of nitrogens with one attached hydrogen (secondary N) is 1. The van der Waals surface area contributed by atoms with Crippen molar-refractivity contribution in [3.05, 3.63) is 53.7 Å². The van der Waals surface area contributed by atoms with Crippen LogP contribution in [0.2, 0.25) is 0 Å². The van der Waals surface area contributed by atoms with Gasteiger partial charge in [0.2, 0.25) is 0 Å². The number of anilines is 2. The number of benzene rings is 1. The smallest absolute Gasteiger partial charge is 0.261 e. The molecule has 0 fully saturated rings. The van der Waals surface area contributed by atoms with Crippen LogP contribution in [0.25, 0.3) is 0 Å². The van der Waals surface area contributed by atoms with Crippen LogP contribution < -0.4 is 10.2 Å². The number of nitriles is 1. The maximum absolute atomic E-state index is 12.6. The Labute approximate surface area is 123 Å². The van der Waals surface area contributed by atoms with Crippen molar-refractivity contribution in [1.29, 1.82) is 5.26 Å². The SMILES string of the molecule is CCNc1ncccc1C(=O)N(C)c1ccccc1C#N. The van der Waals surface area contributed by atoms with E-state index < -0.39 is 0 Å². The first kappa shape index (κ1) is 14.5. The third kappa shape index (κ3) is 3.00. The minimum atomic E-state index is -0.207. The number of nitrogens with zero attached hydrogens (tertiary/aromatic N) is 3. The minimum Gasteiger partial charge on any atom is -0.370 e. The highest BCUT2D eigenvalue weighted by Gasteiger charge is 2.19. The average Bonchev–Trinajstić information content (AvgIpc) is 2.54. The van der Waals surface area contributed by atoms with E-state index in [1.54, 1.807) is 49.6 Å². The Morgan fingerprint density at radius 2 is 2.10 bits per heavy atom. The van der Waals surface area contributed by atoms with Crippen molar-refractivity contribution in [1.82, 2.24) is 4.98 Å². The Balaban J connectivity index is 2.38. The largest absolute Gasteiger partial charge is 0.370 e. The summed E-state index contributed by atoms with van der Waals surface area (Å²) >= 11 is 0. The third-order valence-corrected chi connectivity index (χ3v) is 3.07. The summed E-state index contributed by atoms with van der Waals surface area (Å²) in [6, 6.07) is 12.5. The van der Waals surface area contributed by atoms with E-state index in [4.69, 9.17) is 5.26 Å². The second-order valence-electron chi connectivity index (χ2n) is 4.42. The van der Waals surface area contributed by atoms with Crippen LogP contribution in [-0.4, -0.2) is 24.5 Å². The van der Waals surface area contributed by atoms with Gasteiger partial charge in [-0.3, -0.25) is 4.79 Å². The molecule has 1 amide bonds. The van der Waals surface area contributed by atoms with Crippen LogP contribution in [-0.2, 0) is 0 Å². The molecule has 0 bridgehead atoms. The molecule has 1 aromatic heterocycles. The fourth-order valence-corrected chi connectivity index (χ4v) is 2.04. The van der Waals surface area contributed by atoms with E-state index in [0.29, 0.717) is 29.2 Å². The fourth-order valence-electron chi connectivity index (χ4n) is 2.04. The summed E-state index contributed by atoms with van der Waals surface area (Å²) in [6.45, 7) is 2.62. The van der Waals surface area contributed by atoms with Crippen LogP contribution >= 0.6 is 0 Å². The summed E-state index contributed by atoms with van der Waals surface area (Å²) < 4.78 is 0. The molecule has 21 heavy (non-hydrogen) atoms. The Kier molecular flexibility index (Phi) is 4.52. The topological polar surface area (TPSA) is 69.0 Å². The van der Waals surface area contributed by atoms with E-state index in [1.807, 2.05) is 6.92 Å². The Morgan fingerprint density at radius 3 is 2.81 bits per heavy atom. The van der Waals surface area contributed by atoms with E-state index in [0.717, 1.165) is 0 Å². The molecule has 0 saturated heterocycles. The Morgan fingerprint density at radius 1 is 1.33 bits per heavy atom. The summed E-state index contributed by atoms with van der Waals surface area (Å²) in [5.74, 6) is 0.341.